The Hall–Kier alpha value is -1.96. The van der Waals surface area contributed by atoms with Crippen LogP contribution < -0.4 is 5.32 Å². The maximum atomic E-state index is 14.2. The molecule has 2 aromatic rings. The van der Waals surface area contributed by atoms with Crippen molar-refractivity contribution in [2.45, 2.75) is 55.8 Å². The summed E-state index contributed by atoms with van der Waals surface area (Å²) in [4.78, 5) is 17.2. The molecule has 1 aliphatic heterocycles. The van der Waals surface area contributed by atoms with Crippen LogP contribution in [0.3, 0.4) is 0 Å². The molecule has 3 aliphatic rings. The Morgan fingerprint density at radius 2 is 1.68 bits per heavy atom. The molecule has 1 N–H and O–H groups in total. The van der Waals surface area contributed by atoms with Crippen LogP contribution >= 0.6 is 34.8 Å². The molecule has 1 amide bonds. The van der Waals surface area contributed by atoms with Crippen molar-refractivity contribution in [2.75, 3.05) is 0 Å². The number of carbonyl (C=O) groups is 1. The summed E-state index contributed by atoms with van der Waals surface area (Å²) < 4.78 is 42.6. The van der Waals surface area contributed by atoms with Crippen molar-refractivity contribution in [1.29, 1.82) is 0 Å². The molecule has 1 atom stereocenters. The summed E-state index contributed by atoms with van der Waals surface area (Å²) in [5, 5.41) is 6.60. The van der Waals surface area contributed by atoms with Crippen molar-refractivity contribution in [1.82, 2.24) is 5.32 Å². The second kappa shape index (κ2) is 8.61. The van der Waals surface area contributed by atoms with Gasteiger partial charge in [0.1, 0.15) is 0 Å². The van der Waals surface area contributed by atoms with Crippen LogP contribution in [0.4, 0.5) is 13.2 Å². The van der Waals surface area contributed by atoms with Crippen molar-refractivity contribution in [3.05, 3.63) is 68.2 Å². The standard InChI is InChI=1S/C24H20Cl3F3N2O2/c25-18-9-16(10-19(26)21(18)27)23(24(28,29)30)11-20(32-34-23)13-3-1-12(2-4-13)14-7-15(8-14)22(33)31-17-5-6-17/h1-4,9-10,14-15,17H,5-8,11H2,(H,31,33). The molecular formula is C24H20Cl3F3N2O2. The Kier molecular flexibility index (Phi) is 6.02. The minimum Gasteiger partial charge on any atom is -0.374 e. The third-order valence-corrected chi connectivity index (χ3v) is 7.98. The van der Waals surface area contributed by atoms with Gasteiger partial charge in [0.25, 0.3) is 5.60 Å². The Morgan fingerprint density at radius 3 is 2.24 bits per heavy atom. The van der Waals surface area contributed by atoms with Crippen LogP contribution in [0.25, 0.3) is 0 Å². The first-order valence-electron chi connectivity index (χ1n) is 10.9. The maximum Gasteiger partial charge on any atom is 0.435 e. The fourth-order valence-corrected chi connectivity index (χ4v) is 5.04. The zero-order valence-electron chi connectivity index (χ0n) is 17.8. The number of amides is 1. The number of hydrogen-bond donors (Lipinski definition) is 1. The van der Waals surface area contributed by atoms with Crippen LogP contribution in [0.1, 0.15) is 54.7 Å². The molecule has 10 heteroatoms. The van der Waals surface area contributed by atoms with Crippen LogP contribution in [-0.2, 0) is 15.2 Å². The van der Waals surface area contributed by atoms with Gasteiger partial charge >= 0.3 is 6.18 Å². The Morgan fingerprint density at radius 1 is 1.06 bits per heavy atom. The van der Waals surface area contributed by atoms with E-state index in [0.29, 0.717) is 11.6 Å². The van der Waals surface area contributed by atoms with E-state index in [0.717, 1.165) is 43.4 Å². The van der Waals surface area contributed by atoms with Crippen molar-refractivity contribution >= 4 is 46.4 Å². The quantitative estimate of drug-likeness (QED) is 0.422. The lowest BCUT2D eigenvalue weighted by atomic mass is 9.71. The molecule has 1 heterocycles. The molecule has 2 aliphatic carbocycles. The molecule has 1 unspecified atom stereocenters. The average Bonchev–Trinajstić information content (AvgIpc) is 3.43. The predicted octanol–water partition coefficient (Wildman–Crippen LogP) is 7.00. The molecule has 4 nitrogen and oxygen atoms in total. The molecule has 180 valence electrons. The van der Waals surface area contributed by atoms with Crippen LogP contribution in [-0.4, -0.2) is 23.8 Å². The monoisotopic (exact) mass is 530 g/mol. The van der Waals surface area contributed by atoms with Gasteiger partial charge in [-0.3, -0.25) is 4.79 Å². The zero-order valence-corrected chi connectivity index (χ0v) is 20.0. The van der Waals surface area contributed by atoms with Crippen molar-refractivity contribution in [3.8, 4) is 0 Å². The van der Waals surface area contributed by atoms with E-state index in [2.05, 4.69) is 10.5 Å². The fourth-order valence-electron chi connectivity index (χ4n) is 4.45. The molecule has 0 saturated heterocycles. The van der Waals surface area contributed by atoms with E-state index < -0.39 is 18.2 Å². The average molecular weight is 532 g/mol. The molecule has 0 aromatic heterocycles. The van der Waals surface area contributed by atoms with E-state index >= 15 is 0 Å². The van der Waals surface area contributed by atoms with E-state index in [1.165, 1.54) is 0 Å². The fraction of sp³-hybridized carbons (Fsp3) is 0.417. The predicted molar refractivity (Wildman–Crippen MR) is 125 cm³/mol. The topological polar surface area (TPSA) is 50.7 Å². The van der Waals surface area contributed by atoms with E-state index in [1.54, 1.807) is 12.1 Å². The lowest BCUT2D eigenvalue weighted by Gasteiger charge is -2.34. The summed E-state index contributed by atoms with van der Waals surface area (Å²) in [6.45, 7) is 0. The highest BCUT2D eigenvalue weighted by Crippen LogP contribution is 2.51. The third kappa shape index (κ3) is 4.27. The summed E-state index contributed by atoms with van der Waals surface area (Å²) in [5.41, 5.74) is -1.23. The maximum absolute atomic E-state index is 14.2. The second-order valence-corrected chi connectivity index (χ2v) is 10.3. The number of rotatable bonds is 5. The first-order valence-corrected chi connectivity index (χ1v) is 12.1. The Balaban J connectivity index is 1.30. The number of oxime groups is 1. The van der Waals surface area contributed by atoms with Gasteiger partial charge < -0.3 is 10.2 Å². The lowest BCUT2D eigenvalue weighted by molar-refractivity contribution is -0.275. The summed E-state index contributed by atoms with van der Waals surface area (Å²) in [5.74, 6) is 0.417. The largest absolute Gasteiger partial charge is 0.435 e. The van der Waals surface area contributed by atoms with Crippen molar-refractivity contribution < 1.29 is 22.8 Å². The van der Waals surface area contributed by atoms with Gasteiger partial charge in [-0.25, -0.2) is 0 Å². The van der Waals surface area contributed by atoms with Crippen molar-refractivity contribution in [3.63, 3.8) is 0 Å². The molecule has 2 fully saturated rings. The van der Waals surface area contributed by atoms with Gasteiger partial charge in [-0.1, -0.05) is 64.2 Å². The molecule has 0 spiro atoms. The lowest BCUT2D eigenvalue weighted by Crippen LogP contribution is -2.42. The van der Waals surface area contributed by atoms with Crippen LogP contribution in [0.15, 0.2) is 41.6 Å². The highest BCUT2D eigenvalue weighted by molar-refractivity contribution is 6.48. The molecule has 5 rings (SSSR count). The zero-order chi connectivity index (χ0) is 24.3. The highest BCUT2D eigenvalue weighted by Gasteiger charge is 2.62. The molecule has 2 aromatic carbocycles. The minimum absolute atomic E-state index is 0.0256. The SMILES string of the molecule is O=C(NC1CC1)C1CC(c2ccc(C3=NOC(c4cc(Cl)c(Cl)c(Cl)c4)(C(F)(F)F)C3)cc2)C1. The van der Waals surface area contributed by atoms with E-state index in [4.69, 9.17) is 39.6 Å². The summed E-state index contributed by atoms with van der Waals surface area (Å²) in [6, 6.07) is 9.80. The molecule has 2 saturated carbocycles. The minimum atomic E-state index is -4.78. The number of hydrogen-bond acceptors (Lipinski definition) is 3. The molecule has 34 heavy (non-hydrogen) atoms. The smallest absolute Gasteiger partial charge is 0.374 e. The Bertz CT molecular complexity index is 1140. The van der Waals surface area contributed by atoms with E-state index in [1.807, 2.05) is 12.1 Å². The van der Waals surface area contributed by atoms with Crippen LogP contribution in [0.5, 0.6) is 0 Å². The number of nitrogens with one attached hydrogen (secondary N) is 1. The van der Waals surface area contributed by atoms with Gasteiger partial charge in [0.05, 0.1) is 20.8 Å². The molecule has 0 radical (unpaired) electrons. The van der Waals surface area contributed by atoms with E-state index in [-0.39, 0.29) is 44.1 Å². The number of alkyl halides is 3. The number of halogens is 6. The molecular weight excluding hydrogens is 512 g/mol. The van der Waals surface area contributed by atoms with Crippen molar-refractivity contribution in [2.24, 2.45) is 11.1 Å². The normalized spacial score (nSPS) is 26.5. The number of nitrogens with zero attached hydrogens (tertiary/aromatic N) is 1. The van der Waals surface area contributed by atoms with Gasteiger partial charge in [0.2, 0.25) is 5.91 Å². The summed E-state index contributed by atoms with van der Waals surface area (Å²) in [6.07, 6.45) is -1.64. The second-order valence-electron chi connectivity index (χ2n) is 9.15. The van der Waals surface area contributed by atoms with Gasteiger partial charge in [-0.15, -0.1) is 0 Å². The number of carbonyl (C=O) groups excluding carboxylic acids is 1. The Labute approximate surface area is 209 Å². The van der Waals surface area contributed by atoms with Crippen LogP contribution in [0.2, 0.25) is 15.1 Å². The van der Waals surface area contributed by atoms with E-state index in [9.17, 15) is 18.0 Å². The summed E-state index contributed by atoms with van der Waals surface area (Å²) in [7, 11) is 0. The highest BCUT2D eigenvalue weighted by atomic mass is 35.5. The van der Waals surface area contributed by atoms with Gasteiger partial charge in [0, 0.05) is 23.9 Å². The first kappa shape index (κ1) is 23.8. The van der Waals surface area contributed by atoms with Crippen LogP contribution in [0, 0.1) is 5.92 Å². The van der Waals surface area contributed by atoms with Gasteiger partial charge in [-0.2, -0.15) is 13.2 Å². The molecule has 0 bridgehead atoms. The first-order chi connectivity index (χ1) is 16.1. The summed E-state index contributed by atoms with van der Waals surface area (Å²) >= 11 is 17.9. The number of benzene rings is 2. The van der Waals surface area contributed by atoms with Gasteiger partial charge in [-0.05, 0) is 54.9 Å². The van der Waals surface area contributed by atoms with Gasteiger partial charge in [0.15, 0.2) is 0 Å². The third-order valence-electron chi connectivity index (χ3n) is 6.78.